The van der Waals surface area contributed by atoms with Crippen LogP contribution in [0.2, 0.25) is 0 Å². The predicted octanol–water partition coefficient (Wildman–Crippen LogP) is 2.95. The van der Waals surface area contributed by atoms with Crippen molar-refractivity contribution in [3.8, 4) is 5.88 Å². The molecule has 1 saturated carbocycles. The summed E-state index contributed by atoms with van der Waals surface area (Å²) in [4.78, 5) is 31.3. The molecule has 0 spiro atoms. The van der Waals surface area contributed by atoms with Crippen molar-refractivity contribution in [2.24, 2.45) is 5.92 Å². The number of nitrogens with one attached hydrogen (secondary N) is 2. The predicted molar refractivity (Wildman–Crippen MR) is 93.9 cm³/mol. The molecular weight excluding hydrogens is 318 g/mol. The third kappa shape index (κ3) is 4.07. The average molecular weight is 341 g/mol. The molecule has 132 valence electrons. The molecule has 0 radical (unpaired) electrons. The number of ether oxygens (including phenoxy) is 1. The van der Waals surface area contributed by atoms with Gasteiger partial charge >= 0.3 is 0 Å². The molecule has 6 heteroatoms. The van der Waals surface area contributed by atoms with Crippen molar-refractivity contribution in [1.29, 1.82) is 0 Å². The molecule has 2 heterocycles. The molecule has 2 aromatic rings. The van der Waals surface area contributed by atoms with Gasteiger partial charge in [-0.2, -0.15) is 0 Å². The zero-order chi connectivity index (χ0) is 18.0. The van der Waals surface area contributed by atoms with E-state index in [9.17, 15) is 9.59 Å². The van der Waals surface area contributed by atoms with Crippen molar-refractivity contribution in [3.63, 3.8) is 0 Å². The Bertz CT molecular complexity index is 789. The van der Waals surface area contributed by atoms with Gasteiger partial charge in [-0.25, -0.2) is 4.98 Å². The van der Waals surface area contributed by atoms with Gasteiger partial charge in [-0.05, 0) is 50.7 Å². The molecule has 2 aromatic heterocycles. The molecule has 1 fully saturated rings. The van der Waals surface area contributed by atoms with Gasteiger partial charge in [0, 0.05) is 30.1 Å². The molecule has 0 aromatic carbocycles. The average Bonchev–Trinajstić information content (AvgIpc) is 3.35. The summed E-state index contributed by atoms with van der Waals surface area (Å²) in [6.45, 7) is 6.17. The standard InChI is InChI=1S/C19H23N3O3/c1-11-17(13(3)23)12(2)22-18(11)19(24)21-9-15-6-7-16(20-8-15)25-10-14-4-5-14/h6-8,14,22H,4-5,9-10H2,1-3H3,(H,21,24). The fourth-order valence-corrected chi connectivity index (χ4v) is 2.86. The van der Waals surface area contributed by atoms with Gasteiger partial charge in [0.2, 0.25) is 5.88 Å². The Labute approximate surface area is 147 Å². The van der Waals surface area contributed by atoms with Crippen LogP contribution in [-0.4, -0.2) is 28.3 Å². The van der Waals surface area contributed by atoms with E-state index in [0.29, 0.717) is 40.9 Å². The van der Waals surface area contributed by atoms with E-state index in [1.165, 1.54) is 19.8 Å². The number of hydrogen-bond acceptors (Lipinski definition) is 4. The van der Waals surface area contributed by atoms with Crippen LogP contribution in [0.4, 0.5) is 0 Å². The lowest BCUT2D eigenvalue weighted by Gasteiger charge is -2.07. The number of carbonyl (C=O) groups excluding carboxylic acids is 2. The molecule has 2 N–H and O–H groups in total. The zero-order valence-electron chi connectivity index (χ0n) is 14.8. The van der Waals surface area contributed by atoms with Crippen LogP contribution in [0, 0.1) is 19.8 Å². The maximum absolute atomic E-state index is 12.4. The van der Waals surface area contributed by atoms with Gasteiger partial charge in [0.1, 0.15) is 5.69 Å². The van der Waals surface area contributed by atoms with Crippen LogP contribution >= 0.6 is 0 Å². The van der Waals surface area contributed by atoms with Crippen LogP contribution in [0.5, 0.6) is 5.88 Å². The van der Waals surface area contributed by atoms with Crippen LogP contribution in [-0.2, 0) is 6.54 Å². The maximum Gasteiger partial charge on any atom is 0.268 e. The SMILES string of the molecule is CC(=O)c1c(C)[nH]c(C(=O)NCc2ccc(OCC3CC3)nc2)c1C. The van der Waals surface area contributed by atoms with E-state index in [-0.39, 0.29) is 11.7 Å². The molecule has 0 aliphatic heterocycles. The van der Waals surface area contributed by atoms with Crippen LogP contribution in [0.25, 0.3) is 0 Å². The van der Waals surface area contributed by atoms with E-state index in [1.807, 2.05) is 12.1 Å². The summed E-state index contributed by atoms with van der Waals surface area (Å²) in [7, 11) is 0. The Balaban J connectivity index is 1.58. The first-order chi connectivity index (χ1) is 12.0. The minimum atomic E-state index is -0.234. The van der Waals surface area contributed by atoms with Gasteiger partial charge in [0.05, 0.1) is 6.61 Å². The topological polar surface area (TPSA) is 84.1 Å². The van der Waals surface area contributed by atoms with Crippen LogP contribution in [0.15, 0.2) is 18.3 Å². The summed E-state index contributed by atoms with van der Waals surface area (Å²) in [6, 6.07) is 3.71. The quantitative estimate of drug-likeness (QED) is 0.758. The third-order valence-electron chi connectivity index (χ3n) is 4.43. The number of hydrogen-bond donors (Lipinski definition) is 2. The van der Waals surface area contributed by atoms with Gasteiger partial charge < -0.3 is 15.0 Å². The Hall–Kier alpha value is -2.63. The maximum atomic E-state index is 12.4. The van der Waals surface area contributed by atoms with E-state index in [2.05, 4.69) is 15.3 Å². The second kappa shape index (κ2) is 7.09. The van der Waals surface area contributed by atoms with E-state index in [1.54, 1.807) is 20.0 Å². The minimum absolute atomic E-state index is 0.0451. The summed E-state index contributed by atoms with van der Waals surface area (Å²) in [5.74, 6) is 1.02. The summed E-state index contributed by atoms with van der Waals surface area (Å²) < 4.78 is 5.60. The van der Waals surface area contributed by atoms with E-state index < -0.39 is 0 Å². The molecule has 6 nitrogen and oxygen atoms in total. The first-order valence-electron chi connectivity index (χ1n) is 8.51. The Morgan fingerprint density at radius 2 is 2.08 bits per heavy atom. The largest absolute Gasteiger partial charge is 0.477 e. The Morgan fingerprint density at radius 1 is 1.32 bits per heavy atom. The van der Waals surface area contributed by atoms with Gasteiger partial charge in [-0.1, -0.05) is 6.07 Å². The molecule has 0 unspecified atom stereocenters. The van der Waals surface area contributed by atoms with Crippen molar-refractivity contribution in [2.45, 2.75) is 40.2 Å². The number of aromatic amines is 1. The van der Waals surface area contributed by atoms with Crippen molar-refractivity contribution in [1.82, 2.24) is 15.3 Å². The van der Waals surface area contributed by atoms with Crippen LogP contribution in [0.1, 0.15) is 57.4 Å². The summed E-state index contributed by atoms with van der Waals surface area (Å²) >= 11 is 0. The fraction of sp³-hybridized carbons (Fsp3) is 0.421. The van der Waals surface area contributed by atoms with Crippen molar-refractivity contribution in [3.05, 3.63) is 46.4 Å². The molecule has 3 rings (SSSR count). The molecular formula is C19H23N3O3. The Kier molecular flexibility index (Phi) is 4.88. The summed E-state index contributed by atoms with van der Waals surface area (Å²) in [5.41, 5.74) is 3.31. The van der Waals surface area contributed by atoms with Crippen molar-refractivity contribution >= 4 is 11.7 Å². The number of amides is 1. The molecule has 0 bridgehead atoms. The van der Waals surface area contributed by atoms with E-state index in [0.717, 1.165) is 12.2 Å². The number of pyridine rings is 1. The van der Waals surface area contributed by atoms with Crippen molar-refractivity contribution < 1.29 is 14.3 Å². The highest BCUT2D eigenvalue weighted by molar-refractivity contribution is 6.02. The lowest BCUT2D eigenvalue weighted by molar-refractivity contribution is 0.0945. The number of carbonyl (C=O) groups is 2. The lowest BCUT2D eigenvalue weighted by Crippen LogP contribution is -2.24. The first kappa shape index (κ1) is 17.2. The smallest absolute Gasteiger partial charge is 0.268 e. The number of Topliss-reactive ketones (excluding diaryl/α,β-unsaturated/α-hetero) is 1. The molecule has 1 aliphatic carbocycles. The second-order valence-corrected chi connectivity index (χ2v) is 6.62. The van der Waals surface area contributed by atoms with Gasteiger partial charge in [-0.3, -0.25) is 9.59 Å². The molecule has 1 aliphatic rings. The Morgan fingerprint density at radius 3 is 2.64 bits per heavy atom. The third-order valence-corrected chi connectivity index (χ3v) is 4.43. The second-order valence-electron chi connectivity index (χ2n) is 6.62. The molecule has 25 heavy (non-hydrogen) atoms. The van der Waals surface area contributed by atoms with E-state index in [4.69, 9.17) is 4.74 Å². The van der Waals surface area contributed by atoms with Gasteiger partial charge in [0.25, 0.3) is 5.91 Å². The monoisotopic (exact) mass is 341 g/mol. The highest BCUT2D eigenvalue weighted by Crippen LogP contribution is 2.29. The summed E-state index contributed by atoms with van der Waals surface area (Å²) in [5, 5.41) is 2.85. The van der Waals surface area contributed by atoms with E-state index >= 15 is 0 Å². The van der Waals surface area contributed by atoms with Gasteiger partial charge in [0.15, 0.2) is 5.78 Å². The lowest BCUT2D eigenvalue weighted by atomic mass is 10.1. The van der Waals surface area contributed by atoms with Crippen molar-refractivity contribution in [2.75, 3.05) is 6.61 Å². The number of aromatic nitrogens is 2. The fourth-order valence-electron chi connectivity index (χ4n) is 2.86. The molecule has 0 saturated heterocycles. The normalized spacial score (nSPS) is 13.6. The summed E-state index contributed by atoms with van der Waals surface area (Å²) in [6.07, 6.45) is 4.19. The molecule has 1 amide bonds. The number of ketones is 1. The zero-order valence-corrected chi connectivity index (χ0v) is 14.8. The first-order valence-corrected chi connectivity index (χ1v) is 8.51. The number of rotatable bonds is 7. The molecule has 0 atom stereocenters. The number of nitrogens with zero attached hydrogens (tertiary/aromatic N) is 1. The highest BCUT2D eigenvalue weighted by atomic mass is 16.5. The van der Waals surface area contributed by atoms with Crippen LogP contribution < -0.4 is 10.1 Å². The number of H-pyrrole nitrogens is 1. The highest BCUT2D eigenvalue weighted by Gasteiger charge is 2.22. The van der Waals surface area contributed by atoms with Gasteiger partial charge in [-0.15, -0.1) is 0 Å². The van der Waals surface area contributed by atoms with Crippen LogP contribution in [0.3, 0.4) is 0 Å². The number of aryl methyl sites for hydroxylation is 1. The minimum Gasteiger partial charge on any atom is -0.477 e.